The van der Waals surface area contributed by atoms with Crippen molar-refractivity contribution in [2.75, 3.05) is 11.9 Å². The van der Waals surface area contributed by atoms with Crippen LogP contribution in [0.15, 0.2) is 66.9 Å². The van der Waals surface area contributed by atoms with E-state index in [4.69, 9.17) is 4.84 Å². The van der Waals surface area contributed by atoms with Crippen LogP contribution in [-0.2, 0) is 16.2 Å². The van der Waals surface area contributed by atoms with Crippen molar-refractivity contribution in [3.63, 3.8) is 0 Å². The zero-order valence-corrected chi connectivity index (χ0v) is 16.8. The van der Waals surface area contributed by atoms with E-state index in [0.717, 1.165) is 10.2 Å². The van der Waals surface area contributed by atoms with E-state index in [9.17, 15) is 19.5 Å². The van der Waals surface area contributed by atoms with Crippen molar-refractivity contribution in [2.24, 2.45) is 0 Å². The Labute approximate surface area is 182 Å². The van der Waals surface area contributed by atoms with Crippen molar-refractivity contribution in [1.82, 2.24) is 19.7 Å². The van der Waals surface area contributed by atoms with Gasteiger partial charge in [0.15, 0.2) is 6.04 Å². The predicted octanol–water partition coefficient (Wildman–Crippen LogP) is 3.01. The summed E-state index contributed by atoms with van der Waals surface area (Å²) < 4.78 is 1.01. The van der Waals surface area contributed by atoms with Crippen molar-refractivity contribution < 1.29 is 24.3 Å². The second-order valence-electron chi connectivity index (χ2n) is 7.47. The summed E-state index contributed by atoms with van der Waals surface area (Å²) in [5.74, 6) is -1.25. The molecule has 1 aromatic heterocycles. The Balaban J connectivity index is 1.47. The number of benzene rings is 2. The van der Waals surface area contributed by atoms with Crippen LogP contribution in [0.2, 0.25) is 0 Å². The van der Waals surface area contributed by atoms with Gasteiger partial charge in [-0.05, 0) is 17.7 Å². The number of fused-ring (bicyclic) bond motifs is 4. The molecule has 32 heavy (non-hydrogen) atoms. The Kier molecular flexibility index (Phi) is 4.83. The standard InChI is InChI=1S/C22H19N5O5/c28-20(29)19-18-16(11-23-26(18)21(30)24-15-9-5-2-6-10-15)17-12-25(19)22(31)27(17)32-13-14-7-3-1-4-8-14/h1-11,17,19H,12-13H2,(H,24,30)(H,28,29)/t17-,19-/m0/s1. The summed E-state index contributed by atoms with van der Waals surface area (Å²) >= 11 is 0. The number of anilines is 1. The van der Waals surface area contributed by atoms with E-state index in [1.165, 1.54) is 16.2 Å². The molecule has 2 bridgehead atoms. The van der Waals surface area contributed by atoms with Gasteiger partial charge in [-0.3, -0.25) is 4.84 Å². The summed E-state index contributed by atoms with van der Waals surface area (Å²) in [6, 6.07) is 15.0. The molecule has 2 aromatic carbocycles. The molecule has 10 nitrogen and oxygen atoms in total. The molecule has 1 fully saturated rings. The fraction of sp³-hybridized carbons (Fsp3) is 0.182. The van der Waals surface area contributed by atoms with Crippen LogP contribution in [0.3, 0.4) is 0 Å². The summed E-state index contributed by atoms with van der Waals surface area (Å²) in [5.41, 5.74) is 2.01. The van der Waals surface area contributed by atoms with Crippen LogP contribution in [0.5, 0.6) is 0 Å². The summed E-state index contributed by atoms with van der Waals surface area (Å²) in [6.07, 6.45) is 1.43. The average Bonchev–Trinajstić information content (AvgIpc) is 3.35. The monoisotopic (exact) mass is 433 g/mol. The largest absolute Gasteiger partial charge is 0.479 e. The molecule has 5 rings (SSSR count). The van der Waals surface area contributed by atoms with Gasteiger partial charge in [0.2, 0.25) is 0 Å². The van der Waals surface area contributed by atoms with Gasteiger partial charge in [0.25, 0.3) is 0 Å². The number of hydroxylamine groups is 2. The van der Waals surface area contributed by atoms with Gasteiger partial charge < -0.3 is 15.3 Å². The number of nitrogens with zero attached hydrogens (tertiary/aromatic N) is 4. The van der Waals surface area contributed by atoms with Gasteiger partial charge in [-0.15, -0.1) is 0 Å². The number of urea groups is 1. The molecule has 0 spiro atoms. The minimum Gasteiger partial charge on any atom is -0.479 e. The van der Waals surface area contributed by atoms with E-state index in [1.54, 1.807) is 24.3 Å². The maximum Gasteiger partial charge on any atom is 0.346 e. The number of rotatable bonds is 5. The third-order valence-electron chi connectivity index (χ3n) is 5.52. The fourth-order valence-electron chi connectivity index (χ4n) is 4.06. The van der Waals surface area contributed by atoms with E-state index in [1.807, 2.05) is 36.4 Å². The minimum atomic E-state index is -1.36. The van der Waals surface area contributed by atoms with Crippen LogP contribution in [0.4, 0.5) is 15.3 Å². The number of hydrogen-bond donors (Lipinski definition) is 2. The molecule has 1 saturated heterocycles. The summed E-state index contributed by atoms with van der Waals surface area (Å²) in [6.45, 7) is 0.274. The number of hydrogen-bond acceptors (Lipinski definition) is 5. The maximum atomic E-state index is 13.0. The van der Waals surface area contributed by atoms with E-state index in [-0.39, 0.29) is 18.8 Å². The highest BCUT2D eigenvalue weighted by Crippen LogP contribution is 2.44. The molecule has 2 atom stereocenters. The number of aliphatic carboxylic acids is 1. The summed E-state index contributed by atoms with van der Waals surface area (Å²) in [7, 11) is 0. The minimum absolute atomic E-state index is 0.129. The number of amides is 3. The Bertz CT molecular complexity index is 1180. The number of carboxylic acid groups (broad SMARTS) is 1. The Hall–Kier alpha value is -4.18. The highest BCUT2D eigenvalue weighted by atomic mass is 16.7. The van der Waals surface area contributed by atoms with Gasteiger partial charge in [-0.25, -0.2) is 14.4 Å². The topological polar surface area (TPSA) is 117 Å². The SMILES string of the molecule is O=C(O)[C@@H]1c2c(cnn2C(=O)Nc2ccccc2)[C@@H]2CN1C(=O)N2OCc1ccccc1. The van der Waals surface area contributed by atoms with Crippen LogP contribution in [0.1, 0.15) is 28.9 Å². The molecule has 10 heteroatoms. The first-order valence-corrected chi connectivity index (χ1v) is 9.98. The third kappa shape index (κ3) is 3.26. The number of carboxylic acids is 1. The number of nitrogens with one attached hydrogen (secondary N) is 1. The number of aromatic nitrogens is 2. The van der Waals surface area contributed by atoms with Crippen LogP contribution in [0.25, 0.3) is 0 Å². The zero-order valence-electron chi connectivity index (χ0n) is 16.8. The highest BCUT2D eigenvalue weighted by molar-refractivity contribution is 5.93. The van der Waals surface area contributed by atoms with Gasteiger partial charge >= 0.3 is 18.0 Å². The first-order chi connectivity index (χ1) is 15.5. The van der Waals surface area contributed by atoms with E-state index < -0.39 is 30.1 Å². The van der Waals surface area contributed by atoms with E-state index in [2.05, 4.69) is 10.4 Å². The molecule has 0 aliphatic carbocycles. The van der Waals surface area contributed by atoms with Gasteiger partial charge in [0.05, 0.1) is 18.4 Å². The maximum absolute atomic E-state index is 13.0. The van der Waals surface area contributed by atoms with Crippen molar-refractivity contribution >= 4 is 23.7 Å². The van der Waals surface area contributed by atoms with E-state index in [0.29, 0.717) is 11.3 Å². The lowest BCUT2D eigenvalue weighted by molar-refractivity contribution is -0.143. The second kappa shape index (κ2) is 7.82. The zero-order chi connectivity index (χ0) is 22.2. The summed E-state index contributed by atoms with van der Waals surface area (Å²) in [5, 5.41) is 17.9. The average molecular weight is 433 g/mol. The lowest BCUT2D eigenvalue weighted by Gasteiger charge is -2.28. The Morgan fingerprint density at radius 2 is 1.78 bits per heavy atom. The van der Waals surface area contributed by atoms with Gasteiger partial charge in [0, 0.05) is 11.3 Å². The lowest BCUT2D eigenvalue weighted by Crippen LogP contribution is -2.40. The van der Waals surface area contributed by atoms with Gasteiger partial charge in [0.1, 0.15) is 12.6 Å². The van der Waals surface area contributed by atoms with Crippen molar-refractivity contribution in [2.45, 2.75) is 18.7 Å². The highest BCUT2D eigenvalue weighted by Gasteiger charge is 2.53. The molecule has 162 valence electrons. The Morgan fingerprint density at radius 3 is 2.47 bits per heavy atom. The predicted molar refractivity (Wildman–Crippen MR) is 111 cm³/mol. The lowest BCUT2D eigenvalue weighted by atomic mass is 9.98. The molecule has 0 radical (unpaired) electrons. The molecule has 3 aromatic rings. The van der Waals surface area contributed by atoms with E-state index >= 15 is 0 Å². The van der Waals surface area contributed by atoms with Crippen LogP contribution in [0, 0.1) is 0 Å². The molecule has 3 amide bonds. The third-order valence-corrected chi connectivity index (χ3v) is 5.52. The first-order valence-electron chi connectivity index (χ1n) is 9.98. The number of para-hydroxylation sites is 1. The molecular weight excluding hydrogens is 414 g/mol. The fourth-order valence-corrected chi connectivity index (χ4v) is 4.06. The number of carbonyl (C=O) groups excluding carboxylic acids is 2. The Morgan fingerprint density at radius 1 is 1.09 bits per heavy atom. The van der Waals surface area contributed by atoms with Crippen molar-refractivity contribution in [3.05, 3.63) is 83.7 Å². The van der Waals surface area contributed by atoms with Gasteiger partial charge in [-0.2, -0.15) is 14.8 Å². The summed E-state index contributed by atoms with van der Waals surface area (Å²) in [4.78, 5) is 45.0. The molecule has 3 heterocycles. The smallest absolute Gasteiger partial charge is 0.346 e. The molecule has 0 saturated carbocycles. The van der Waals surface area contributed by atoms with Gasteiger partial charge in [-0.1, -0.05) is 48.5 Å². The molecule has 2 aliphatic rings. The second-order valence-corrected chi connectivity index (χ2v) is 7.47. The quantitative estimate of drug-likeness (QED) is 0.639. The first kappa shape index (κ1) is 19.8. The normalized spacial score (nSPS) is 19.1. The van der Waals surface area contributed by atoms with Crippen molar-refractivity contribution in [1.29, 1.82) is 0 Å². The molecule has 2 aliphatic heterocycles. The van der Waals surface area contributed by atoms with Crippen molar-refractivity contribution in [3.8, 4) is 0 Å². The number of carbonyl (C=O) groups is 3. The van der Waals surface area contributed by atoms with Crippen LogP contribution in [-0.4, -0.2) is 49.4 Å². The molecule has 0 unspecified atom stereocenters. The van der Waals surface area contributed by atoms with Crippen LogP contribution >= 0.6 is 0 Å². The molecule has 2 N–H and O–H groups in total. The van der Waals surface area contributed by atoms with Crippen LogP contribution < -0.4 is 5.32 Å². The molecular formula is C22H19N5O5.